The molecule has 3 atom stereocenters. The van der Waals surface area contributed by atoms with E-state index in [4.69, 9.17) is 4.74 Å². The molecule has 0 bridgehead atoms. The van der Waals surface area contributed by atoms with Gasteiger partial charge in [0.25, 0.3) is 0 Å². The lowest BCUT2D eigenvalue weighted by molar-refractivity contribution is -0.151. The lowest BCUT2D eigenvalue weighted by Gasteiger charge is -2.24. The van der Waals surface area contributed by atoms with E-state index in [9.17, 15) is 19.8 Å². The first-order valence-electron chi connectivity index (χ1n) is 26.1. The van der Waals surface area contributed by atoms with Crippen molar-refractivity contribution in [2.24, 2.45) is 0 Å². The van der Waals surface area contributed by atoms with Crippen LogP contribution in [0.1, 0.15) is 278 Å². The molecule has 59 heavy (non-hydrogen) atoms. The number of amides is 1. The van der Waals surface area contributed by atoms with Gasteiger partial charge in [-0.15, -0.1) is 0 Å². The van der Waals surface area contributed by atoms with Crippen LogP contribution in [-0.4, -0.2) is 46.9 Å². The SMILES string of the molecule is CCCC/C=C\CCCCCC(CC(=O)NC(CO)C(O)CCCCCCCCCCCCCCCCCC)OC(=O)CCCCCCCCC/C=C\CCCCCC. The molecule has 0 aromatic rings. The lowest BCUT2D eigenvalue weighted by atomic mass is 10.0. The van der Waals surface area contributed by atoms with Crippen molar-refractivity contribution in [3.05, 3.63) is 24.3 Å². The predicted octanol–water partition coefficient (Wildman–Crippen LogP) is 15.5. The number of hydrogen-bond donors (Lipinski definition) is 3. The van der Waals surface area contributed by atoms with Gasteiger partial charge < -0.3 is 20.3 Å². The van der Waals surface area contributed by atoms with Crippen LogP contribution < -0.4 is 5.32 Å². The van der Waals surface area contributed by atoms with Gasteiger partial charge in [-0.1, -0.05) is 218 Å². The third-order valence-electron chi connectivity index (χ3n) is 12.0. The molecule has 3 N–H and O–H groups in total. The van der Waals surface area contributed by atoms with E-state index < -0.39 is 18.2 Å². The van der Waals surface area contributed by atoms with Crippen LogP contribution in [0.4, 0.5) is 0 Å². The Labute approximate surface area is 367 Å². The molecular formula is C53H101NO5. The normalized spacial score (nSPS) is 13.4. The van der Waals surface area contributed by atoms with Gasteiger partial charge >= 0.3 is 5.97 Å². The summed E-state index contributed by atoms with van der Waals surface area (Å²) in [6.45, 7) is 6.44. The van der Waals surface area contributed by atoms with Crippen LogP contribution in [0.2, 0.25) is 0 Å². The fourth-order valence-electron chi connectivity index (χ4n) is 7.99. The average Bonchev–Trinajstić information content (AvgIpc) is 3.23. The Morgan fingerprint density at radius 1 is 0.475 bits per heavy atom. The van der Waals surface area contributed by atoms with Crippen LogP contribution in [-0.2, 0) is 14.3 Å². The second-order valence-electron chi connectivity index (χ2n) is 17.9. The monoisotopic (exact) mass is 832 g/mol. The predicted molar refractivity (Wildman–Crippen MR) is 255 cm³/mol. The number of ether oxygens (including phenoxy) is 1. The van der Waals surface area contributed by atoms with E-state index in [0.29, 0.717) is 19.3 Å². The second-order valence-corrected chi connectivity index (χ2v) is 17.9. The topological polar surface area (TPSA) is 95.9 Å². The second kappa shape index (κ2) is 47.4. The molecule has 6 nitrogen and oxygen atoms in total. The van der Waals surface area contributed by atoms with Gasteiger partial charge in [-0.25, -0.2) is 0 Å². The smallest absolute Gasteiger partial charge is 0.306 e. The highest BCUT2D eigenvalue weighted by Gasteiger charge is 2.24. The van der Waals surface area contributed by atoms with E-state index in [0.717, 1.165) is 64.2 Å². The van der Waals surface area contributed by atoms with E-state index in [2.05, 4.69) is 50.4 Å². The van der Waals surface area contributed by atoms with Crippen molar-refractivity contribution < 1.29 is 24.5 Å². The standard InChI is InChI=1S/C53H101NO5/c1-4-7-10-13-16-19-21-23-25-27-28-30-33-36-39-42-45-51(56)50(48-55)54-52(57)47-49(44-41-38-35-32-18-15-12-9-6-3)59-53(58)46-43-40-37-34-31-29-26-24-22-20-17-14-11-8-5-2/h15,18,20,22,49-51,55-56H,4-14,16-17,19,21,23-48H2,1-3H3,(H,54,57)/b18-15-,22-20-. The molecule has 0 saturated carbocycles. The molecule has 0 heterocycles. The number of carbonyl (C=O) groups excluding carboxylic acids is 2. The zero-order chi connectivity index (χ0) is 43.1. The molecule has 0 spiro atoms. The van der Waals surface area contributed by atoms with Crippen LogP contribution in [0.25, 0.3) is 0 Å². The Hall–Kier alpha value is -1.66. The highest BCUT2D eigenvalue weighted by molar-refractivity contribution is 5.77. The molecule has 0 aliphatic carbocycles. The van der Waals surface area contributed by atoms with Gasteiger partial charge in [0, 0.05) is 6.42 Å². The van der Waals surface area contributed by atoms with E-state index in [1.54, 1.807) is 0 Å². The number of rotatable bonds is 47. The highest BCUT2D eigenvalue weighted by atomic mass is 16.5. The number of carbonyl (C=O) groups is 2. The van der Waals surface area contributed by atoms with Crippen LogP contribution in [0.3, 0.4) is 0 Å². The minimum absolute atomic E-state index is 0.0684. The van der Waals surface area contributed by atoms with Gasteiger partial charge in [0.05, 0.1) is 25.2 Å². The van der Waals surface area contributed by atoms with Crippen molar-refractivity contribution in [1.82, 2.24) is 5.32 Å². The van der Waals surface area contributed by atoms with Gasteiger partial charge in [0.2, 0.25) is 5.91 Å². The molecule has 3 unspecified atom stereocenters. The van der Waals surface area contributed by atoms with Crippen LogP contribution in [0, 0.1) is 0 Å². The fourth-order valence-corrected chi connectivity index (χ4v) is 7.99. The van der Waals surface area contributed by atoms with Crippen molar-refractivity contribution in [3.8, 4) is 0 Å². The summed E-state index contributed by atoms with van der Waals surface area (Å²) >= 11 is 0. The zero-order valence-electron chi connectivity index (χ0n) is 39.7. The number of nitrogens with one attached hydrogen (secondary N) is 1. The number of allylic oxidation sites excluding steroid dienone is 4. The first-order valence-corrected chi connectivity index (χ1v) is 26.1. The summed E-state index contributed by atoms with van der Waals surface area (Å²) in [5.41, 5.74) is 0. The van der Waals surface area contributed by atoms with Gasteiger partial charge in [0.1, 0.15) is 6.10 Å². The van der Waals surface area contributed by atoms with Crippen molar-refractivity contribution in [3.63, 3.8) is 0 Å². The molecule has 348 valence electrons. The average molecular weight is 832 g/mol. The van der Waals surface area contributed by atoms with Crippen LogP contribution >= 0.6 is 0 Å². The number of unbranched alkanes of at least 4 members (excludes halogenated alkanes) is 31. The molecular weight excluding hydrogens is 731 g/mol. The van der Waals surface area contributed by atoms with Crippen LogP contribution in [0.5, 0.6) is 0 Å². The molecule has 0 aromatic heterocycles. The van der Waals surface area contributed by atoms with Gasteiger partial charge in [-0.2, -0.15) is 0 Å². The molecule has 0 rings (SSSR count). The molecule has 0 aliphatic heterocycles. The van der Waals surface area contributed by atoms with E-state index >= 15 is 0 Å². The molecule has 0 fully saturated rings. The zero-order valence-corrected chi connectivity index (χ0v) is 39.7. The first-order chi connectivity index (χ1) is 29.0. The van der Waals surface area contributed by atoms with Gasteiger partial charge in [-0.05, 0) is 70.6 Å². The summed E-state index contributed by atoms with van der Waals surface area (Å²) in [5.74, 6) is -0.487. The molecule has 6 heteroatoms. The third kappa shape index (κ3) is 42.8. The lowest BCUT2D eigenvalue weighted by Crippen LogP contribution is -2.46. The number of aliphatic hydroxyl groups excluding tert-OH is 2. The van der Waals surface area contributed by atoms with Crippen molar-refractivity contribution in [1.29, 1.82) is 0 Å². The maximum Gasteiger partial charge on any atom is 0.306 e. The van der Waals surface area contributed by atoms with Crippen molar-refractivity contribution in [2.75, 3.05) is 6.61 Å². The fraction of sp³-hybridized carbons (Fsp3) is 0.887. The molecule has 0 radical (unpaired) electrons. The van der Waals surface area contributed by atoms with E-state index in [1.807, 2.05) is 0 Å². The Morgan fingerprint density at radius 3 is 1.29 bits per heavy atom. The molecule has 0 aliphatic rings. The minimum Gasteiger partial charge on any atom is -0.462 e. The van der Waals surface area contributed by atoms with E-state index in [-0.39, 0.29) is 24.9 Å². The quantitative estimate of drug-likeness (QED) is 0.0322. The minimum atomic E-state index is -0.788. The molecule has 0 saturated heterocycles. The van der Waals surface area contributed by atoms with Crippen molar-refractivity contribution >= 4 is 11.9 Å². The highest BCUT2D eigenvalue weighted by Crippen LogP contribution is 2.18. The maximum atomic E-state index is 13.2. The number of esters is 1. The third-order valence-corrected chi connectivity index (χ3v) is 12.0. The molecule has 0 aromatic carbocycles. The Bertz CT molecular complexity index is 935. The van der Waals surface area contributed by atoms with Gasteiger partial charge in [0.15, 0.2) is 0 Å². The summed E-state index contributed by atoms with van der Waals surface area (Å²) in [6.07, 6.45) is 53.9. The Morgan fingerprint density at radius 2 is 0.831 bits per heavy atom. The number of aliphatic hydroxyl groups is 2. The van der Waals surface area contributed by atoms with E-state index in [1.165, 1.54) is 167 Å². The van der Waals surface area contributed by atoms with Crippen molar-refractivity contribution in [2.45, 2.75) is 296 Å². The largest absolute Gasteiger partial charge is 0.462 e. The summed E-state index contributed by atoms with van der Waals surface area (Å²) in [6, 6.07) is -0.702. The Balaban J connectivity index is 4.42. The summed E-state index contributed by atoms with van der Waals surface area (Å²) in [4.78, 5) is 26.1. The van der Waals surface area contributed by atoms with Gasteiger partial charge in [-0.3, -0.25) is 9.59 Å². The molecule has 1 amide bonds. The first kappa shape index (κ1) is 57.3. The summed E-state index contributed by atoms with van der Waals surface area (Å²) < 4.78 is 5.91. The summed E-state index contributed by atoms with van der Waals surface area (Å²) in [7, 11) is 0. The Kier molecular flexibility index (Phi) is 46.1. The number of hydrogen-bond acceptors (Lipinski definition) is 5. The van der Waals surface area contributed by atoms with Crippen LogP contribution in [0.15, 0.2) is 24.3 Å². The summed E-state index contributed by atoms with van der Waals surface area (Å²) in [5, 5.41) is 23.8. The maximum absolute atomic E-state index is 13.2.